The van der Waals surface area contributed by atoms with Gasteiger partial charge in [-0.15, -0.1) is 0 Å². The van der Waals surface area contributed by atoms with E-state index in [0.29, 0.717) is 5.76 Å². The van der Waals surface area contributed by atoms with E-state index in [2.05, 4.69) is 39.8 Å². The Hall–Kier alpha value is -2.27. The summed E-state index contributed by atoms with van der Waals surface area (Å²) < 4.78 is 12.2. The fraction of sp³-hybridized carbons (Fsp3) is 0.593. The van der Waals surface area contributed by atoms with Crippen LogP contribution < -0.4 is 4.74 Å². The van der Waals surface area contributed by atoms with Crippen molar-refractivity contribution in [2.24, 2.45) is 5.41 Å². The van der Waals surface area contributed by atoms with Crippen molar-refractivity contribution in [3.63, 3.8) is 0 Å². The summed E-state index contributed by atoms with van der Waals surface area (Å²) in [4.78, 5) is 13.9. The number of ether oxygens (including phenoxy) is 1. The largest absolute Gasteiger partial charge is 0.491 e. The van der Waals surface area contributed by atoms with E-state index in [1.54, 1.807) is 20.2 Å². The molecule has 1 amide bonds. The molecule has 1 atom stereocenters. The lowest BCUT2D eigenvalue weighted by Gasteiger charge is -2.32. The number of aliphatic hydroxyl groups is 1. The van der Waals surface area contributed by atoms with Crippen LogP contribution in [0.3, 0.4) is 0 Å². The van der Waals surface area contributed by atoms with Crippen molar-refractivity contribution in [3.05, 3.63) is 53.0 Å². The number of rotatable bonds is 9. The Labute approximate surface area is 193 Å². The fourth-order valence-electron chi connectivity index (χ4n) is 3.93. The van der Waals surface area contributed by atoms with Crippen molar-refractivity contribution < 1.29 is 19.1 Å². The maximum Gasteiger partial charge on any atom is 0.289 e. The first-order chi connectivity index (χ1) is 14.9. The number of amides is 1. The molecule has 1 aromatic carbocycles. The van der Waals surface area contributed by atoms with Crippen LogP contribution in [0.1, 0.15) is 94.7 Å². The monoisotopic (exact) mass is 443 g/mol. The average molecular weight is 444 g/mol. The second-order valence-corrected chi connectivity index (χ2v) is 10.3. The molecule has 0 fully saturated rings. The van der Waals surface area contributed by atoms with Crippen molar-refractivity contribution >= 4 is 5.91 Å². The summed E-state index contributed by atoms with van der Waals surface area (Å²) in [5, 5.41) is 10.4. The van der Waals surface area contributed by atoms with E-state index in [1.807, 2.05) is 32.9 Å². The normalized spacial score (nSPS) is 13.3. The third-order valence-electron chi connectivity index (χ3n) is 6.48. The van der Waals surface area contributed by atoms with Crippen molar-refractivity contribution in [2.45, 2.75) is 78.7 Å². The third-order valence-corrected chi connectivity index (χ3v) is 6.48. The second kappa shape index (κ2) is 10.1. The molecule has 1 heterocycles. The molecule has 0 radical (unpaired) electrons. The van der Waals surface area contributed by atoms with Gasteiger partial charge < -0.3 is 19.2 Å². The lowest BCUT2D eigenvalue weighted by Crippen LogP contribution is -2.32. The minimum absolute atomic E-state index is 0.138. The molecule has 1 unspecified atom stereocenters. The van der Waals surface area contributed by atoms with Gasteiger partial charge in [-0.2, -0.15) is 0 Å². The highest BCUT2D eigenvalue weighted by Crippen LogP contribution is 2.42. The fourth-order valence-corrected chi connectivity index (χ4v) is 3.93. The Bertz CT molecular complexity index is 901. The van der Waals surface area contributed by atoms with Crippen molar-refractivity contribution in [1.29, 1.82) is 0 Å². The molecule has 0 aliphatic rings. The van der Waals surface area contributed by atoms with E-state index in [4.69, 9.17) is 9.15 Å². The van der Waals surface area contributed by atoms with Gasteiger partial charge in [0.2, 0.25) is 0 Å². The first-order valence-electron chi connectivity index (χ1n) is 11.6. The highest BCUT2D eigenvalue weighted by atomic mass is 16.5. The molecule has 178 valence electrons. The van der Waals surface area contributed by atoms with Crippen molar-refractivity contribution in [2.75, 3.05) is 20.7 Å². The first-order valence-corrected chi connectivity index (χ1v) is 11.6. The molecule has 1 aromatic heterocycles. The lowest BCUT2D eigenvalue weighted by atomic mass is 9.73. The molecule has 0 saturated heterocycles. The van der Waals surface area contributed by atoms with Crippen molar-refractivity contribution in [1.82, 2.24) is 4.90 Å². The van der Waals surface area contributed by atoms with Gasteiger partial charge >= 0.3 is 0 Å². The predicted octanol–water partition coefficient (Wildman–Crippen LogP) is 6.00. The minimum Gasteiger partial charge on any atom is -0.491 e. The van der Waals surface area contributed by atoms with Crippen LogP contribution in [0.25, 0.3) is 0 Å². The highest BCUT2D eigenvalue weighted by molar-refractivity contribution is 5.91. The number of carbonyl (C=O) groups is 1. The summed E-state index contributed by atoms with van der Waals surface area (Å²) in [5.74, 6) is 2.08. The third kappa shape index (κ3) is 5.37. The number of aliphatic hydroxyl groups excluding tert-OH is 1. The van der Waals surface area contributed by atoms with Crippen LogP contribution in [-0.4, -0.2) is 42.7 Å². The number of hydrogen-bond acceptors (Lipinski definition) is 4. The van der Waals surface area contributed by atoms with Crippen LogP contribution in [0.2, 0.25) is 0 Å². The van der Waals surface area contributed by atoms with Gasteiger partial charge in [-0.1, -0.05) is 60.6 Å². The first kappa shape index (κ1) is 26.0. The lowest BCUT2D eigenvalue weighted by molar-refractivity contribution is 0.0215. The van der Waals surface area contributed by atoms with Gasteiger partial charge in [-0.3, -0.25) is 4.79 Å². The number of furan rings is 1. The molecular formula is C27H41NO4. The predicted molar refractivity (Wildman–Crippen MR) is 130 cm³/mol. The Kier molecular flexibility index (Phi) is 8.22. The Balaban J connectivity index is 2.46. The molecular weight excluding hydrogens is 402 g/mol. The van der Waals surface area contributed by atoms with Gasteiger partial charge in [0.1, 0.15) is 18.1 Å². The van der Waals surface area contributed by atoms with Gasteiger partial charge in [0.05, 0.1) is 11.5 Å². The van der Waals surface area contributed by atoms with E-state index < -0.39 is 6.10 Å². The zero-order valence-electron chi connectivity index (χ0n) is 21.3. The zero-order valence-corrected chi connectivity index (χ0v) is 21.3. The van der Waals surface area contributed by atoms with E-state index >= 15 is 0 Å². The van der Waals surface area contributed by atoms with Gasteiger partial charge in [0.15, 0.2) is 5.76 Å². The molecule has 0 aliphatic heterocycles. The molecule has 5 heteroatoms. The smallest absolute Gasteiger partial charge is 0.289 e. The van der Waals surface area contributed by atoms with Crippen LogP contribution in [0.5, 0.6) is 5.75 Å². The second-order valence-electron chi connectivity index (χ2n) is 10.3. The number of benzene rings is 1. The number of carbonyl (C=O) groups excluding carboxylic acids is 1. The average Bonchev–Trinajstić information content (AvgIpc) is 3.22. The SMILES string of the molecule is CCC(CC)(c1ccc(OCC(O)C(C)(C)C)c(C(C)C)c1)c1ccc(C(=O)N(C)C)o1. The molecule has 0 spiro atoms. The molecule has 32 heavy (non-hydrogen) atoms. The molecule has 0 bridgehead atoms. The van der Waals surface area contributed by atoms with Crippen LogP contribution >= 0.6 is 0 Å². The van der Waals surface area contributed by atoms with Crippen LogP contribution in [0.15, 0.2) is 34.7 Å². The maximum absolute atomic E-state index is 12.4. The zero-order chi connectivity index (χ0) is 24.3. The highest BCUT2D eigenvalue weighted by Gasteiger charge is 2.35. The van der Waals surface area contributed by atoms with E-state index in [9.17, 15) is 9.90 Å². The maximum atomic E-state index is 12.4. The van der Waals surface area contributed by atoms with E-state index in [1.165, 1.54) is 4.90 Å². The summed E-state index contributed by atoms with van der Waals surface area (Å²) in [7, 11) is 3.45. The topological polar surface area (TPSA) is 62.9 Å². The van der Waals surface area contributed by atoms with Gasteiger partial charge in [-0.05, 0) is 53.5 Å². The Morgan fingerprint density at radius 3 is 2.22 bits per heavy atom. The Morgan fingerprint density at radius 1 is 1.09 bits per heavy atom. The van der Waals surface area contributed by atoms with Crippen LogP contribution in [0.4, 0.5) is 0 Å². The molecule has 2 aromatic rings. The summed E-state index contributed by atoms with van der Waals surface area (Å²) in [6, 6.07) is 10.0. The van der Waals surface area contributed by atoms with Crippen molar-refractivity contribution in [3.8, 4) is 5.75 Å². The standard InChI is InChI=1S/C27H41NO4/c1-10-27(11-2,24-15-14-22(32-24)25(30)28(8)9)19-12-13-21(20(16-19)18(3)4)31-17-23(29)26(5,6)7/h12-16,18,23,29H,10-11,17H2,1-9H3. The summed E-state index contributed by atoms with van der Waals surface area (Å²) in [6.07, 6.45) is 1.13. The van der Waals surface area contributed by atoms with Gasteiger partial charge in [0.25, 0.3) is 5.91 Å². The molecule has 5 nitrogen and oxygen atoms in total. The van der Waals surface area contributed by atoms with Crippen LogP contribution in [0, 0.1) is 5.41 Å². The van der Waals surface area contributed by atoms with E-state index in [0.717, 1.165) is 35.5 Å². The summed E-state index contributed by atoms with van der Waals surface area (Å²) in [6.45, 7) is 14.9. The van der Waals surface area contributed by atoms with Gasteiger partial charge in [0, 0.05) is 14.1 Å². The summed E-state index contributed by atoms with van der Waals surface area (Å²) >= 11 is 0. The molecule has 0 aliphatic carbocycles. The number of hydrogen-bond donors (Lipinski definition) is 1. The van der Waals surface area contributed by atoms with Gasteiger partial charge in [-0.25, -0.2) is 0 Å². The number of nitrogens with zero attached hydrogens (tertiary/aromatic N) is 1. The molecule has 0 saturated carbocycles. The molecule has 1 N–H and O–H groups in total. The molecule has 2 rings (SSSR count). The van der Waals surface area contributed by atoms with Crippen LogP contribution in [-0.2, 0) is 5.41 Å². The summed E-state index contributed by atoms with van der Waals surface area (Å²) in [5.41, 5.74) is 1.68. The Morgan fingerprint density at radius 2 is 1.72 bits per heavy atom. The minimum atomic E-state index is -0.552. The quantitative estimate of drug-likeness (QED) is 0.516. The van der Waals surface area contributed by atoms with E-state index in [-0.39, 0.29) is 29.3 Å².